The number of hydrogen-bond acceptors (Lipinski definition) is 5. The van der Waals surface area contributed by atoms with E-state index in [9.17, 15) is 9.18 Å². The normalized spacial score (nSPS) is 13.2. The molecule has 0 spiro atoms. The SMILES string of the molecule is CC(F)(P)COc1ncc(-c2ccc(=O)n(Cc3cccc(Cl)c3)n2)cn1. The lowest BCUT2D eigenvalue weighted by molar-refractivity contribution is 0.172. The summed E-state index contributed by atoms with van der Waals surface area (Å²) in [6, 6.07) is 10.3. The summed E-state index contributed by atoms with van der Waals surface area (Å²) in [6.45, 7) is 1.48. The first-order chi connectivity index (χ1) is 12.8. The lowest BCUT2D eigenvalue weighted by atomic mass is 10.2. The van der Waals surface area contributed by atoms with Gasteiger partial charge in [-0.25, -0.2) is 19.0 Å². The van der Waals surface area contributed by atoms with Crippen molar-refractivity contribution in [2.75, 3.05) is 6.61 Å². The zero-order valence-corrected chi connectivity index (χ0v) is 16.4. The Morgan fingerprint density at radius 1 is 1.26 bits per heavy atom. The first-order valence-electron chi connectivity index (χ1n) is 8.06. The first kappa shape index (κ1) is 19.4. The molecular formula is C18H17ClFN4O2P. The number of nitrogens with zero attached hydrogens (tertiary/aromatic N) is 4. The minimum absolute atomic E-state index is 0.0670. The summed E-state index contributed by atoms with van der Waals surface area (Å²) in [6.07, 6.45) is 3.02. The zero-order chi connectivity index (χ0) is 19.4. The predicted octanol–water partition coefficient (Wildman–Crippen LogP) is 3.34. The molecule has 0 aliphatic carbocycles. The smallest absolute Gasteiger partial charge is 0.316 e. The second-order valence-corrected chi connectivity index (χ2v) is 7.81. The van der Waals surface area contributed by atoms with Gasteiger partial charge in [-0.05, 0) is 30.7 Å². The molecule has 0 aliphatic rings. The van der Waals surface area contributed by atoms with Gasteiger partial charge in [-0.15, -0.1) is 0 Å². The number of rotatable bonds is 6. The Kier molecular flexibility index (Phi) is 5.82. The maximum Gasteiger partial charge on any atom is 0.316 e. The van der Waals surface area contributed by atoms with Crippen molar-refractivity contribution in [1.82, 2.24) is 19.7 Å². The second kappa shape index (κ2) is 8.11. The fourth-order valence-electron chi connectivity index (χ4n) is 2.25. The van der Waals surface area contributed by atoms with E-state index in [1.165, 1.54) is 30.1 Å². The van der Waals surface area contributed by atoms with E-state index in [4.69, 9.17) is 16.3 Å². The van der Waals surface area contributed by atoms with E-state index >= 15 is 0 Å². The average molecular weight is 407 g/mol. The predicted molar refractivity (Wildman–Crippen MR) is 105 cm³/mol. The third-order valence-corrected chi connectivity index (χ3v) is 3.90. The van der Waals surface area contributed by atoms with E-state index in [1.54, 1.807) is 18.2 Å². The van der Waals surface area contributed by atoms with Crippen molar-refractivity contribution in [1.29, 1.82) is 0 Å². The Labute approximate surface area is 162 Å². The molecule has 27 heavy (non-hydrogen) atoms. The Hall–Kier alpha value is -2.37. The summed E-state index contributed by atoms with van der Waals surface area (Å²) < 4.78 is 20.0. The highest BCUT2D eigenvalue weighted by molar-refractivity contribution is 7.18. The largest absolute Gasteiger partial charge is 0.460 e. The Morgan fingerprint density at radius 2 is 2.00 bits per heavy atom. The molecule has 0 saturated carbocycles. The fraction of sp³-hybridized carbons (Fsp3) is 0.222. The van der Waals surface area contributed by atoms with Gasteiger partial charge in [0.15, 0.2) is 5.41 Å². The summed E-state index contributed by atoms with van der Waals surface area (Å²) in [4.78, 5) is 20.2. The molecule has 2 unspecified atom stereocenters. The van der Waals surface area contributed by atoms with Gasteiger partial charge in [0.2, 0.25) is 0 Å². The van der Waals surface area contributed by atoms with Gasteiger partial charge in [-0.2, -0.15) is 5.10 Å². The molecule has 6 nitrogen and oxygen atoms in total. The van der Waals surface area contributed by atoms with Crippen molar-refractivity contribution in [2.24, 2.45) is 0 Å². The molecular weight excluding hydrogens is 390 g/mol. The van der Waals surface area contributed by atoms with Crippen molar-refractivity contribution in [3.63, 3.8) is 0 Å². The van der Waals surface area contributed by atoms with Crippen LogP contribution in [-0.2, 0) is 6.54 Å². The van der Waals surface area contributed by atoms with E-state index in [2.05, 4.69) is 15.1 Å². The van der Waals surface area contributed by atoms with Crippen molar-refractivity contribution in [3.05, 3.63) is 69.7 Å². The number of ether oxygens (including phenoxy) is 1. The summed E-state index contributed by atoms with van der Waals surface area (Å²) in [5, 5.41) is 3.40. The highest BCUT2D eigenvalue weighted by Gasteiger charge is 2.17. The molecule has 2 heterocycles. The Bertz CT molecular complexity index is 990. The lowest BCUT2D eigenvalue weighted by Crippen LogP contribution is -2.23. The van der Waals surface area contributed by atoms with Crippen LogP contribution in [0.4, 0.5) is 4.39 Å². The molecule has 0 N–H and O–H groups in total. The van der Waals surface area contributed by atoms with Gasteiger partial charge < -0.3 is 4.74 Å². The number of benzene rings is 1. The van der Waals surface area contributed by atoms with Crippen molar-refractivity contribution < 1.29 is 9.13 Å². The van der Waals surface area contributed by atoms with Gasteiger partial charge >= 0.3 is 6.01 Å². The van der Waals surface area contributed by atoms with E-state index in [1.807, 2.05) is 21.4 Å². The Balaban J connectivity index is 1.80. The molecule has 1 aromatic carbocycles. The highest BCUT2D eigenvalue weighted by Crippen LogP contribution is 2.20. The third kappa shape index (κ3) is 5.55. The minimum atomic E-state index is -1.56. The number of hydrogen-bond donors (Lipinski definition) is 0. The van der Waals surface area contributed by atoms with Gasteiger partial charge in [0.1, 0.15) is 6.61 Å². The first-order valence-corrected chi connectivity index (χ1v) is 9.01. The Morgan fingerprint density at radius 3 is 2.67 bits per heavy atom. The van der Waals surface area contributed by atoms with E-state index in [0.717, 1.165) is 5.56 Å². The maximum atomic E-state index is 13.4. The van der Waals surface area contributed by atoms with Crippen molar-refractivity contribution in [3.8, 4) is 17.3 Å². The molecule has 0 aliphatic heterocycles. The molecule has 2 atom stereocenters. The van der Waals surface area contributed by atoms with E-state index < -0.39 is 5.41 Å². The van der Waals surface area contributed by atoms with Crippen molar-refractivity contribution in [2.45, 2.75) is 18.9 Å². The molecule has 0 saturated heterocycles. The number of aromatic nitrogens is 4. The third-order valence-electron chi connectivity index (χ3n) is 3.50. The molecule has 0 amide bonds. The summed E-state index contributed by atoms with van der Waals surface area (Å²) in [5.74, 6) is 0. The lowest BCUT2D eigenvalue weighted by Gasteiger charge is -2.13. The van der Waals surface area contributed by atoms with Gasteiger partial charge in [-0.3, -0.25) is 4.79 Å². The fourth-order valence-corrected chi connectivity index (χ4v) is 2.55. The van der Waals surface area contributed by atoms with Crippen LogP contribution in [0.2, 0.25) is 5.02 Å². The molecule has 0 bridgehead atoms. The second-order valence-electron chi connectivity index (χ2n) is 6.17. The van der Waals surface area contributed by atoms with Crippen LogP contribution in [0.3, 0.4) is 0 Å². The molecule has 3 rings (SSSR count). The van der Waals surface area contributed by atoms with Crippen LogP contribution in [0.25, 0.3) is 11.3 Å². The standard InChI is InChI=1S/C18H17ClFN4O2P/c1-18(20,27)11-26-17-21-8-13(9-22-17)15-5-6-16(25)24(23-15)10-12-3-2-4-14(19)7-12/h2-9H,10-11,27H2,1H3. The van der Waals surface area contributed by atoms with E-state index in [0.29, 0.717) is 22.8 Å². The van der Waals surface area contributed by atoms with Gasteiger partial charge in [0.05, 0.1) is 12.2 Å². The maximum absolute atomic E-state index is 13.4. The molecule has 9 heteroatoms. The monoisotopic (exact) mass is 406 g/mol. The zero-order valence-electron chi connectivity index (χ0n) is 14.5. The molecule has 3 aromatic rings. The minimum Gasteiger partial charge on any atom is -0.460 e. The highest BCUT2D eigenvalue weighted by atomic mass is 35.5. The summed E-state index contributed by atoms with van der Waals surface area (Å²) in [7, 11) is 2.04. The van der Waals surface area contributed by atoms with Crippen LogP contribution in [0.1, 0.15) is 12.5 Å². The molecule has 2 aromatic heterocycles. The van der Waals surface area contributed by atoms with Crippen LogP contribution >= 0.6 is 20.8 Å². The van der Waals surface area contributed by atoms with Crippen LogP contribution in [0.15, 0.2) is 53.6 Å². The quantitative estimate of drug-likeness (QED) is 0.587. The molecule has 140 valence electrons. The van der Waals surface area contributed by atoms with Crippen LogP contribution in [0, 0.1) is 0 Å². The average Bonchev–Trinajstić information content (AvgIpc) is 2.62. The van der Waals surface area contributed by atoms with E-state index in [-0.39, 0.29) is 18.2 Å². The van der Waals surface area contributed by atoms with Crippen molar-refractivity contribution >= 4 is 20.8 Å². The molecule has 0 radical (unpaired) electrons. The number of halogens is 2. The van der Waals surface area contributed by atoms with Crippen LogP contribution < -0.4 is 10.3 Å². The van der Waals surface area contributed by atoms with Crippen LogP contribution in [0.5, 0.6) is 6.01 Å². The topological polar surface area (TPSA) is 69.9 Å². The number of alkyl halides is 1. The van der Waals surface area contributed by atoms with Gasteiger partial charge in [0, 0.05) is 29.0 Å². The van der Waals surface area contributed by atoms with Gasteiger partial charge in [-0.1, -0.05) is 33.0 Å². The summed E-state index contributed by atoms with van der Waals surface area (Å²) in [5.41, 5.74) is 1.77. The summed E-state index contributed by atoms with van der Waals surface area (Å²) >= 11 is 5.99. The van der Waals surface area contributed by atoms with Crippen LogP contribution in [-0.4, -0.2) is 31.8 Å². The van der Waals surface area contributed by atoms with Gasteiger partial charge in [0.25, 0.3) is 5.56 Å². The molecule has 0 fully saturated rings.